The Balaban J connectivity index is 1.94. The molecule has 0 aliphatic carbocycles. The largest absolute Gasteiger partial charge is 0.377 e. The monoisotopic (exact) mass is 225 g/mol. The molecule has 15 heavy (non-hydrogen) atoms. The van der Waals surface area contributed by atoms with Crippen molar-refractivity contribution in [2.45, 2.75) is 30.9 Å². The molecule has 1 aliphatic heterocycles. The van der Waals surface area contributed by atoms with Crippen LogP contribution in [0.15, 0.2) is 11.2 Å². The van der Waals surface area contributed by atoms with Crippen molar-refractivity contribution in [3.63, 3.8) is 0 Å². The highest BCUT2D eigenvalue weighted by Gasteiger charge is 2.16. The van der Waals surface area contributed by atoms with Crippen molar-refractivity contribution in [1.82, 2.24) is 9.97 Å². The Bertz CT molecular complexity index is 339. The van der Waals surface area contributed by atoms with Crippen LogP contribution in [0.4, 0.5) is 5.95 Å². The molecule has 2 heterocycles. The van der Waals surface area contributed by atoms with Gasteiger partial charge in [-0.3, -0.25) is 0 Å². The van der Waals surface area contributed by atoms with Crippen LogP contribution in [0.25, 0.3) is 0 Å². The molecular weight excluding hydrogens is 210 g/mol. The van der Waals surface area contributed by atoms with E-state index in [1.165, 1.54) is 6.42 Å². The van der Waals surface area contributed by atoms with Crippen molar-refractivity contribution in [3.8, 4) is 0 Å². The maximum Gasteiger partial charge on any atom is 0.221 e. The third kappa shape index (κ3) is 2.82. The minimum atomic E-state index is 0.343. The van der Waals surface area contributed by atoms with Crippen LogP contribution in [0.2, 0.25) is 0 Å². The number of thioether (sulfide) groups is 1. The molecule has 0 amide bonds. The average molecular weight is 225 g/mol. The van der Waals surface area contributed by atoms with E-state index in [4.69, 9.17) is 10.5 Å². The first-order valence-corrected chi connectivity index (χ1v) is 6.08. The quantitative estimate of drug-likeness (QED) is 0.626. The van der Waals surface area contributed by atoms with Crippen molar-refractivity contribution in [2.24, 2.45) is 0 Å². The van der Waals surface area contributed by atoms with Gasteiger partial charge in [0.15, 0.2) is 0 Å². The van der Waals surface area contributed by atoms with Gasteiger partial charge >= 0.3 is 0 Å². The molecule has 4 nitrogen and oxygen atoms in total. The summed E-state index contributed by atoms with van der Waals surface area (Å²) in [4.78, 5) is 8.15. The van der Waals surface area contributed by atoms with Crippen molar-refractivity contribution < 1.29 is 4.74 Å². The molecule has 1 fully saturated rings. The number of nitrogens with zero attached hydrogens (tertiary/aromatic N) is 2. The van der Waals surface area contributed by atoms with Crippen LogP contribution < -0.4 is 5.73 Å². The van der Waals surface area contributed by atoms with Crippen molar-refractivity contribution >= 4 is 17.7 Å². The van der Waals surface area contributed by atoms with Gasteiger partial charge in [0.25, 0.3) is 0 Å². The van der Waals surface area contributed by atoms with Crippen molar-refractivity contribution in [2.75, 3.05) is 18.1 Å². The van der Waals surface area contributed by atoms with Gasteiger partial charge < -0.3 is 10.5 Å². The smallest absolute Gasteiger partial charge is 0.221 e. The Morgan fingerprint density at radius 3 is 3.27 bits per heavy atom. The molecular formula is C10H15N3OS. The Hall–Kier alpha value is -0.810. The molecule has 0 aromatic carbocycles. The number of aromatic nitrogens is 2. The lowest BCUT2D eigenvalue weighted by Crippen LogP contribution is -2.08. The first kappa shape index (κ1) is 10.7. The van der Waals surface area contributed by atoms with Gasteiger partial charge in [0, 0.05) is 18.6 Å². The summed E-state index contributed by atoms with van der Waals surface area (Å²) in [6, 6.07) is 0. The molecule has 2 rings (SSSR count). The molecule has 5 heteroatoms. The van der Waals surface area contributed by atoms with E-state index in [1.54, 1.807) is 18.0 Å². The van der Waals surface area contributed by atoms with E-state index in [0.717, 1.165) is 29.4 Å². The zero-order valence-electron chi connectivity index (χ0n) is 8.77. The summed E-state index contributed by atoms with van der Waals surface area (Å²) in [6.45, 7) is 2.90. The van der Waals surface area contributed by atoms with Crippen molar-refractivity contribution in [3.05, 3.63) is 11.8 Å². The van der Waals surface area contributed by atoms with Crippen LogP contribution >= 0.6 is 11.8 Å². The van der Waals surface area contributed by atoms with Gasteiger partial charge in [-0.2, -0.15) is 0 Å². The second-order valence-corrected chi connectivity index (χ2v) is 4.67. The fraction of sp³-hybridized carbons (Fsp3) is 0.600. The molecule has 1 aromatic rings. The summed E-state index contributed by atoms with van der Waals surface area (Å²) in [6.07, 6.45) is 4.48. The Morgan fingerprint density at radius 2 is 2.53 bits per heavy atom. The molecule has 2 N–H and O–H groups in total. The number of nitrogen functional groups attached to an aromatic ring is 1. The summed E-state index contributed by atoms with van der Waals surface area (Å²) in [7, 11) is 0. The Kier molecular flexibility index (Phi) is 3.43. The van der Waals surface area contributed by atoms with E-state index in [9.17, 15) is 0 Å². The zero-order valence-corrected chi connectivity index (χ0v) is 9.59. The van der Waals surface area contributed by atoms with Gasteiger partial charge in [-0.25, -0.2) is 9.97 Å². The number of hydrogen-bond acceptors (Lipinski definition) is 5. The lowest BCUT2D eigenvalue weighted by atomic mass is 10.3. The van der Waals surface area contributed by atoms with Crippen LogP contribution in [0.5, 0.6) is 0 Å². The maximum absolute atomic E-state index is 5.55. The summed E-state index contributed by atoms with van der Waals surface area (Å²) in [5.41, 5.74) is 6.62. The summed E-state index contributed by atoms with van der Waals surface area (Å²) in [5, 5.41) is 0.970. The molecule has 0 spiro atoms. The average Bonchev–Trinajstić information content (AvgIpc) is 2.72. The predicted molar refractivity (Wildman–Crippen MR) is 60.9 cm³/mol. The number of hydrogen-bond donors (Lipinski definition) is 1. The first-order valence-electron chi connectivity index (χ1n) is 5.09. The van der Waals surface area contributed by atoms with Gasteiger partial charge in [0.05, 0.1) is 6.10 Å². The SMILES string of the molecule is Cc1cnc(N)nc1SCC1CCCO1. The predicted octanol–water partition coefficient (Wildman–Crippen LogP) is 1.64. The standard InChI is InChI=1S/C10H15N3OS/c1-7-5-12-10(11)13-9(7)15-6-8-3-2-4-14-8/h5,8H,2-4,6H2,1H3,(H2,11,12,13). The second kappa shape index (κ2) is 4.81. The third-order valence-corrected chi connectivity index (χ3v) is 3.60. The number of anilines is 1. The van der Waals surface area contributed by atoms with E-state index in [2.05, 4.69) is 9.97 Å². The van der Waals surface area contributed by atoms with E-state index < -0.39 is 0 Å². The molecule has 1 aromatic heterocycles. The zero-order chi connectivity index (χ0) is 10.7. The van der Waals surface area contributed by atoms with Crippen LogP contribution in [0.3, 0.4) is 0 Å². The van der Waals surface area contributed by atoms with E-state index in [1.807, 2.05) is 6.92 Å². The fourth-order valence-electron chi connectivity index (χ4n) is 1.53. The molecule has 1 aliphatic rings. The highest BCUT2D eigenvalue weighted by Crippen LogP contribution is 2.24. The van der Waals surface area contributed by atoms with Crippen LogP contribution in [0, 0.1) is 6.92 Å². The molecule has 0 bridgehead atoms. The highest BCUT2D eigenvalue weighted by atomic mass is 32.2. The molecule has 1 saturated heterocycles. The number of rotatable bonds is 3. The molecule has 1 unspecified atom stereocenters. The minimum Gasteiger partial charge on any atom is -0.377 e. The van der Waals surface area contributed by atoms with Crippen LogP contribution in [-0.4, -0.2) is 28.4 Å². The fourth-order valence-corrected chi connectivity index (χ4v) is 2.58. The maximum atomic E-state index is 5.55. The van der Waals surface area contributed by atoms with Crippen LogP contribution in [-0.2, 0) is 4.74 Å². The number of aryl methyl sites for hydroxylation is 1. The molecule has 0 saturated carbocycles. The second-order valence-electron chi connectivity index (χ2n) is 3.66. The summed E-state index contributed by atoms with van der Waals surface area (Å²) < 4.78 is 5.55. The van der Waals surface area contributed by atoms with Gasteiger partial charge in [0.2, 0.25) is 5.95 Å². The molecule has 82 valence electrons. The van der Waals surface area contributed by atoms with Gasteiger partial charge in [-0.15, -0.1) is 11.8 Å². The van der Waals surface area contributed by atoms with Crippen LogP contribution in [0.1, 0.15) is 18.4 Å². The topological polar surface area (TPSA) is 61.0 Å². The van der Waals surface area contributed by atoms with E-state index in [0.29, 0.717) is 12.1 Å². The van der Waals surface area contributed by atoms with E-state index in [-0.39, 0.29) is 0 Å². The molecule has 1 atom stereocenters. The molecule has 0 radical (unpaired) electrons. The minimum absolute atomic E-state index is 0.343. The Labute approximate surface area is 93.6 Å². The number of nitrogens with two attached hydrogens (primary N) is 1. The lowest BCUT2D eigenvalue weighted by Gasteiger charge is -2.09. The summed E-state index contributed by atoms with van der Waals surface area (Å²) >= 11 is 1.70. The normalized spacial score (nSPS) is 20.7. The van der Waals surface area contributed by atoms with Crippen molar-refractivity contribution in [1.29, 1.82) is 0 Å². The van der Waals surface area contributed by atoms with Gasteiger partial charge in [-0.05, 0) is 25.3 Å². The van der Waals surface area contributed by atoms with Gasteiger partial charge in [-0.1, -0.05) is 0 Å². The first-order chi connectivity index (χ1) is 7.25. The highest BCUT2D eigenvalue weighted by molar-refractivity contribution is 7.99. The number of ether oxygens (including phenoxy) is 1. The third-order valence-electron chi connectivity index (χ3n) is 2.37. The Morgan fingerprint density at radius 1 is 1.67 bits per heavy atom. The lowest BCUT2D eigenvalue weighted by molar-refractivity contribution is 0.129. The van der Waals surface area contributed by atoms with Gasteiger partial charge in [0.1, 0.15) is 5.03 Å². The summed E-state index contributed by atoms with van der Waals surface area (Å²) in [5.74, 6) is 1.30. The van der Waals surface area contributed by atoms with E-state index >= 15 is 0 Å².